The molecule has 1 saturated heterocycles. The maximum absolute atomic E-state index is 14.4. The number of hydrogen-bond acceptors (Lipinski definition) is 4. The van der Waals surface area contributed by atoms with E-state index in [2.05, 4.69) is 4.98 Å². The first-order chi connectivity index (χ1) is 14.6. The Labute approximate surface area is 174 Å². The molecule has 1 aliphatic rings. The second-order valence-corrected chi connectivity index (χ2v) is 7.37. The number of ether oxygens (including phenoxy) is 1. The molecular formula is C24H23FN2O3. The summed E-state index contributed by atoms with van der Waals surface area (Å²) in [4.78, 5) is 31.7. The lowest BCUT2D eigenvalue weighted by molar-refractivity contribution is -0.149. The third kappa shape index (κ3) is 3.90. The van der Waals surface area contributed by atoms with E-state index in [9.17, 15) is 14.0 Å². The average molecular weight is 406 g/mol. The van der Waals surface area contributed by atoms with Gasteiger partial charge in [0.25, 0.3) is 5.91 Å². The zero-order valence-electron chi connectivity index (χ0n) is 16.8. The summed E-state index contributed by atoms with van der Waals surface area (Å²) in [6.07, 6.45) is 1.15. The van der Waals surface area contributed by atoms with E-state index in [0.29, 0.717) is 54.9 Å². The maximum atomic E-state index is 14.4. The van der Waals surface area contributed by atoms with Crippen LogP contribution in [0.4, 0.5) is 4.39 Å². The minimum Gasteiger partial charge on any atom is -0.466 e. The topological polar surface area (TPSA) is 59.5 Å². The average Bonchev–Trinajstić information content (AvgIpc) is 2.78. The third-order valence-corrected chi connectivity index (χ3v) is 5.50. The SMILES string of the molecule is CCOC(=O)C1CCN(C(=O)c2cc(-c3ccccc3F)nc3ccccc23)CC1. The summed E-state index contributed by atoms with van der Waals surface area (Å²) in [6, 6.07) is 15.5. The van der Waals surface area contributed by atoms with Crippen molar-refractivity contribution in [2.75, 3.05) is 19.7 Å². The molecule has 1 aromatic heterocycles. The number of pyridine rings is 1. The maximum Gasteiger partial charge on any atom is 0.309 e. The Bertz CT molecular complexity index is 1090. The van der Waals surface area contributed by atoms with E-state index in [1.807, 2.05) is 24.3 Å². The van der Waals surface area contributed by atoms with Crippen molar-refractivity contribution in [2.45, 2.75) is 19.8 Å². The van der Waals surface area contributed by atoms with Crippen molar-refractivity contribution < 1.29 is 18.7 Å². The molecule has 6 heteroatoms. The van der Waals surface area contributed by atoms with Gasteiger partial charge in [-0.25, -0.2) is 9.37 Å². The van der Waals surface area contributed by atoms with Gasteiger partial charge < -0.3 is 9.64 Å². The van der Waals surface area contributed by atoms with E-state index in [0.717, 1.165) is 5.39 Å². The predicted molar refractivity (Wildman–Crippen MR) is 112 cm³/mol. The smallest absolute Gasteiger partial charge is 0.309 e. The van der Waals surface area contributed by atoms with E-state index in [-0.39, 0.29) is 23.6 Å². The molecule has 0 saturated carbocycles. The van der Waals surface area contributed by atoms with Crippen LogP contribution in [0.25, 0.3) is 22.2 Å². The first kappa shape index (κ1) is 20.0. The van der Waals surface area contributed by atoms with Crippen LogP contribution in [-0.2, 0) is 9.53 Å². The Morgan fingerprint density at radius 2 is 1.80 bits per heavy atom. The van der Waals surface area contributed by atoms with E-state index < -0.39 is 0 Å². The number of carbonyl (C=O) groups is 2. The lowest BCUT2D eigenvalue weighted by atomic mass is 9.95. The Morgan fingerprint density at radius 3 is 2.53 bits per heavy atom. The second kappa shape index (κ2) is 8.61. The van der Waals surface area contributed by atoms with Gasteiger partial charge in [0, 0.05) is 24.0 Å². The van der Waals surface area contributed by atoms with Crippen LogP contribution < -0.4 is 0 Å². The van der Waals surface area contributed by atoms with Crippen molar-refractivity contribution in [2.24, 2.45) is 5.92 Å². The zero-order chi connectivity index (χ0) is 21.1. The number of benzene rings is 2. The van der Waals surface area contributed by atoms with Crippen molar-refractivity contribution in [3.63, 3.8) is 0 Å². The zero-order valence-corrected chi connectivity index (χ0v) is 16.8. The lowest BCUT2D eigenvalue weighted by Crippen LogP contribution is -2.40. The second-order valence-electron chi connectivity index (χ2n) is 7.37. The Balaban J connectivity index is 1.66. The number of nitrogens with zero attached hydrogens (tertiary/aromatic N) is 2. The van der Waals surface area contributed by atoms with Crippen LogP contribution in [-0.4, -0.2) is 41.5 Å². The number of piperidine rings is 1. The van der Waals surface area contributed by atoms with Crippen LogP contribution in [0.3, 0.4) is 0 Å². The van der Waals surface area contributed by atoms with Gasteiger partial charge in [0.1, 0.15) is 5.82 Å². The molecule has 4 rings (SSSR count). The molecule has 1 fully saturated rings. The monoisotopic (exact) mass is 406 g/mol. The molecule has 3 aromatic rings. The molecule has 0 spiro atoms. The molecule has 1 amide bonds. The Kier molecular flexibility index (Phi) is 5.74. The first-order valence-corrected chi connectivity index (χ1v) is 10.2. The molecule has 2 heterocycles. The van der Waals surface area contributed by atoms with Gasteiger partial charge in [-0.05, 0) is 44.0 Å². The molecule has 0 aliphatic carbocycles. The third-order valence-electron chi connectivity index (χ3n) is 5.50. The van der Waals surface area contributed by atoms with E-state index in [1.165, 1.54) is 6.07 Å². The summed E-state index contributed by atoms with van der Waals surface area (Å²) in [5.74, 6) is -0.875. The molecule has 0 radical (unpaired) electrons. The first-order valence-electron chi connectivity index (χ1n) is 10.2. The minimum absolute atomic E-state index is 0.131. The number of likely N-dealkylation sites (tertiary alicyclic amines) is 1. The van der Waals surface area contributed by atoms with Gasteiger partial charge in [0.15, 0.2) is 0 Å². The van der Waals surface area contributed by atoms with Crippen LogP contribution in [0, 0.1) is 11.7 Å². The van der Waals surface area contributed by atoms with Crippen molar-refractivity contribution in [3.8, 4) is 11.3 Å². The van der Waals surface area contributed by atoms with Crippen LogP contribution in [0.2, 0.25) is 0 Å². The van der Waals surface area contributed by atoms with Gasteiger partial charge in [-0.1, -0.05) is 30.3 Å². The molecular weight excluding hydrogens is 383 g/mol. The highest BCUT2D eigenvalue weighted by atomic mass is 19.1. The van der Waals surface area contributed by atoms with Crippen molar-refractivity contribution in [1.82, 2.24) is 9.88 Å². The predicted octanol–water partition coefficient (Wildman–Crippen LogP) is 4.46. The fourth-order valence-corrected chi connectivity index (χ4v) is 3.91. The summed E-state index contributed by atoms with van der Waals surface area (Å²) in [6.45, 7) is 3.11. The number of halogens is 1. The summed E-state index contributed by atoms with van der Waals surface area (Å²) in [7, 11) is 0. The number of rotatable bonds is 4. The molecule has 0 atom stereocenters. The summed E-state index contributed by atoms with van der Waals surface area (Å²) < 4.78 is 19.5. The standard InChI is InChI=1S/C24H23FN2O3/c1-2-30-24(29)16-11-13-27(14-12-16)23(28)19-15-22(18-8-3-5-9-20(18)25)26-21-10-6-4-7-17(19)21/h3-10,15-16H,2,11-14H2,1H3. The van der Waals surface area contributed by atoms with Gasteiger partial charge in [-0.3, -0.25) is 9.59 Å². The molecule has 1 aliphatic heterocycles. The van der Waals surface area contributed by atoms with Gasteiger partial charge in [0.2, 0.25) is 0 Å². The fourth-order valence-electron chi connectivity index (χ4n) is 3.91. The van der Waals surface area contributed by atoms with Gasteiger partial charge >= 0.3 is 5.97 Å². The number of para-hydroxylation sites is 1. The molecule has 154 valence electrons. The molecule has 2 aromatic carbocycles. The minimum atomic E-state index is -0.381. The number of esters is 1. The quantitative estimate of drug-likeness (QED) is 0.601. The summed E-state index contributed by atoms with van der Waals surface area (Å²) >= 11 is 0. The van der Waals surface area contributed by atoms with E-state index in [1.54, 1.807) is 36.1 Å². The Hall–Kier alpha value is -3.28. The molecule has 0 unspecified atom stereocenters. The van der Waals surface area contributed by atoms with E-state index in [4.69, 9.17) is 4.74 Å². The number of aromatic nitrogens is 1. The number of fused-ring (bicyclic) bond motifs is 1. The molecule has 0 N–H and O–H groups in total. The van der Waals surface area contributed by atoms with Crippen LogP contribution in [0.15, 0.2) is 54.6 Å². The highest BCUT2D eigenvalue weighted by molar-refractivity contribution is 6.07. The largest absolute Gasteiger partial charge is 0.466 e. The van der Waals surface area contributed by atoms with Crippen LogP contribution in [0.5, 0.6) is 0 Å². The van der Waals surface area contributed by atoms with E-state index >= 15 is 0 Å². The fraction of sp³-hybridized carbons (Fsp3) is 0.292. The lowest BCUT2D eigenvalue weighted by Gasteiger charge is -2.31. The van der Waals surface area contributed by atoms with Gasteiger partial charge in [-0.15, -0.1) is 0 Å². The number of carbonyl (C=O) groups excluding carboxylic acids is 2. The molecule has 5 nitrogen and oxygen atoms in total. The highest BCUT2D eigenvalue weighted by Gasteiger charge is 2.29. The summed E-state index contributed by atoms with van der Waals surface area (Å²) in [5.41, 5.74) is 1.92. The molecule has 0 bridgehead atoms. The van der Waals surface area contributed by atoms with Gasteiger partial charge in [-0.2, -0.15) is 0 Å². The number of hydrogen-bond donors (Lipinski definition) is 0. The van der Waals surface area contributed by atoms with Crippen molar-refractivity contribution in [1.29, 1.82) is 0 Å². The Morgan fingerprint density at radius 1 is 1.10 bits per heavy atom. The van der Waals surface area contributed by atoms with Crippen LogP contribution in [0.1, 0.15) is 30.1 Å². The van der Waals surface area contributed by atoms with Crippen molar-refractivity contribution in [3.05, 3.63) is 66.0 Å². The summed E-state index contributed by atoms with van der Waals surface area (Å²) in [5, 5.41) is 0.732. The normalized spacial score (nSPS) is 14.7. The highest BCUT2D eigenvalue weighted by Crippen LogP contribution is 2.28. The molecule has 30 heavy (non-hydrogen) atoms. The number of amides is 1. The van der Waals surface area contributed by atoms with Crippen molar-refractivity contribution >= 4 is 22.8 Å². The van der Waals surface area contributed by atoms with Gasteiger partial charge in [0.05, 0.1) is 29.3 Å². The van der Waals surface area contributed by atoms with Crippen LogP contribution >= 0.6 is 0 Å².